The summed E-state index contributed by atoms with van der Waals surface area (Å²) in [6.07, 6.45) is 0. The summed E-state index contributed by atoms with van der Waals surface area (Å²) in [5.74, 6) is -0.0972. The van der Waals surface area contributed by atoms with Crippen molar-refractivity contribution in [2.24, 2.45) is 0 Å². The fourth-order valence-corrected chi connectivity index (χ4v) is 1.87. The molecule has 2 rings (SSSR count). The molecule has 0 aliphatic heterocycles. The molecule has 4 nitrogen and oxygen atoms in total. The molecule has 2 N–H and O–H groups in total. The van der Waals surface area contributed by atoms with E-state index in [1.807, 2.05) is 25.1 Å². The van der Waals surface area contributed by atoms with Crippen molar-refractivity contribution in [3.63, 3.8) is 0 Å². The normalized spacial score (nSPS) is 10.3. The zero-order chi connectivity index (χ0) is 14.4. The fraction of sp³-hybridized carbons (Fsp3) is 0.200. The maximum Gasteiger partial charge on any atom is 0.238 e. The third-order valence-electron chi connectivity index (χ3n) is 2.67. The van der Waals surface area contributed by atoms with E-state index in [2.05, 4.69) is 15.6 Å². The Labute approximate surface area is 123 Å². The van der Waals surface area contributed by atoms with Gasteiger partial charge in [-0.2, -0.15) is 0 Å². The summed E-state index contributed by atoms with van der Waals surface area (Å²) in [6, 6.07) is 12.8. The van der Waals surface area contributed by atoms with Gasteiger partial charge in [-0.1, -0.05) is 17.7 Å². The number of carbonyl (C=O) groups is 1. The number of hydrogen-bond donors (Lipinski definition) is 2. The maximum atomic E-state index is 11.7. The van der Waals surface area contributed by atoms with Crippen LogP contribution in [0.2, 0.25) is 5.02 Å². The second-order valence-corrected chi connectivity index (χ2v) is 4.87. The summed E-state index contributed by atoms with van der Waals surface area (Å²) in [5.41, 5.74) is 2.62. The first kappa shape index (κ1) is 14.5. The van der Waals surface area contributed by atoms with Gasteiger partial charge >= 0.3 is 0 Å². The Morgan fingerprint density at radius 1 is 1.20 bits per heavy atom. The highest BCUT2D eigenvalue weighted by Gasteiger charge is 2.02. The Hall–Kier alpha value is -1.91. The van der Waals surface area contributed by atoms with Gasteiger partial charge in [0.05, 0.1) is 12.2 Å². The number of pyridine rings is 1. The van der Waals surface area contributed by atoms with E-state index in [-0.39, 0.29) is 12.5 Å². The Bertz CT molecular complexity index is 584. The molecule has 0 aliphatic carbocycles. The number of benzene rings is 1. The third-order valence-corrected chi connectivity index (χ3v) is 2.92. The molecule has 0 bridgehead atoms. The second kappa shape index (κ2) is 7.03. The molecular weight excluding hydrogens is 274 g/mol. The molecule has 0 aliphatic rings. The average Bonchev–Trinajstić information content (AvgIpc) is 2.41. The fourth-order valence-electron chi connectivity index (χ4n) is 1.74. The molecule has 2 aromatic rings. The highest BCUT2D eigenvalue weighted by atomic mass is 35.5. The van der Waals surface area contributed by atoms with Crippen molar-refractivity contribution in [2.45, 2.75) is 13.5 Å². The number of nitrogens with one attached hydrogen (secondary N) is 2. The summed E-state index contributed by atoms with van der Waals surface area (Å²) in [5, 5.41) is 6.49. The largest absolute Gasteiger partial charge is 0.325 e. The van der Waals surface area contributed by atoms with Crippen LogP contribution in [-0.2, 0) is 11.3 Å². The Morgan fingerprint density at radius 2 is 1.95 bits per heavy atom. The van der Waals surface area contributed by atoms with Crippen molar-refractivity contribution in [3.05, 3.63) is 58.9 Å². The van der Waals surface area contributed by atoms with Gasteiger partial charge in [0.2, 0.25) is 5.91 Å². The van der Waals surface area contributed by atoms with E-state index < -0.39 is 0 Å². The lowest BCUT2D eigenvalue weighted by Gasteiger charge is -2.07. The molecule has 1 aromatic heterocycles. The van der Waals surface area contributed by atoms with Gasteiger partial charge < -0.3 is 10.6 Å². The first-order valence-electron chi connectivity index (χ1n) is 6.32. The van der Waals surface area contributed by atoms with Gasteiger partial charge in [0.1, 0.15) is 0 Å². The molecule has 0 radical (unpaired) electrons. The van der Waals surface area contributed by atoms with Gasteiger partial charge in [-0.15, -0.1) is 0 Å². The second-order valence-electron chi connectivity index (χ2n) is 4.43. The lowest BCUT2D eigenvalue weighted by Crippen LogP contribution is -2.28. The number of carbonyl (C=O) groups excluding carboxylic acids is 1. The number of aromatic nitrogens is 1. The van der Waals surface area contributed by atoms with Crippen LogP contribution in [0.15, 0.2) is 42.5 Å². The summed E-state index contributed by atoms with van der Waals surface area (Å²) >= 11 is 5.78. The molecule has 0 saturated heterocycles. The smallest absolute Gasteiger partial charge is 0.238 e. The first-order valence-corrected chi connectivity index (χ1v) is 6.70. The van der Waals surface area contributed by atoms with Gasteiger partial charge in [-0.05, 0) is 43.3 Å². The van der Waals surface area contributed by atoms with Gasteiger partial charge in [0, 0.05) is 22.9 Å². The lowest BCUT2D eigenvalue weighted by atomic mass is 10.3. The minimum atomic E-state index is -0.0972. The van der Waals surface area contributed by atoms with Gasteiger partial charge in [-0.3, -0.25) is 9.78 Å². The van der Waals surface area contributed by atoms with Crippen LogP contribution in [0.5, 0.6) is 0 Å². The van der Waals surface area contributed by atoms with Crippen LogP contribution in [0.3, 0.4) is 0 Å². The molecule has 20 heavy (non-hydrogen) atoms. The van der Waals surface area contributed by atoms with E-state index in [1.54, 1.807) is 24.3 Å². The van der Waals surface area contributed by atoms with Crippen molar-refractivity contribution in [1.29, 1.82) is 0 Å². The predicted molar refractivity (Wildman–Crippen MR) is 80.8 cm³/mol. The number of anilines is 1. The van der Waals surface area contributed by atoms with E-state index in [4.69, 9.17) is 11.6 Å². The number of aryl methyl sites for hydroxylation is 1. The topological polar surface area (TPSA) is 54.0 Å². The van der Waals surface area contributed by atoms with Crippen molar-refractivity contribution in [1.82, 2.24) is 10.3 Å². The molecule has 0 saturated carbocycles. The quantitative estimate of drug-likeness (QED) is 0.890. The Balaban J connectivity index is 1.76. The van der Waals surface area contributed by atoms with Crippen LogP contribution >= 0.6 is 11.6 Å². The molecular formula is C15H16ClN3O. The van der Waals surface area contributed by atoms with Crippen LogP contribution in [-0.4, -0.2) is 17.4 Å². The zero-order valence-electron chi connectivity index (χ0n) is 11.2. The number of hydrogen-bond acceptors (Lipinski definition) is 3. The van der Waals surface area contributed by atoms with Crippen LogP contribution in [0.4, 0.5) is 5.69 Å². The van der Waals surface area contributed by atoms with Crippen molar-refractivity contribution >= 4 is 23.2 Å². The zero-order valence-corrected chi connectivity index (χ0v) is 11.9. The average molecular weight is 290 g/mol. The first-order chi connectivity index (χ1) is 9.63. The van der Waals surface area contributed by atoms with E-state index in [1.165, 1.54) is 0 Å². The van der Waals surface area contributed by atoms with Gasteiger partial charge in [0.25, 0.3) is 0 Å². The monoisotopic (exact) mass is 289 g/mol. The maximum absolute atomic E-state index is 11.7. The molecule has 0 spiro atoms. The number of amides is 1. The number of nitrogens with zero attached hydrogens (tertiary/aromatic N) is 1. The number of rotatable bonds is 5. The molecule has 0 unspecified atom stereocenters. The van der Waals surface area contributed by atoms with Gasteiger partial charge in [0.15, 0.2) is 0 Å². The molecule has 1 amide bonds. The van der Waals surface area contributed by atoms with Crippen molar-refractivity contribution < 1.29 is 4.79 Å². The van der Waals surface area contributed by atoms with Crippen LogP contribution in [0.25, 0.3) is 0 Å². The standard InChI is InChI=1S/C15H16ClN3O/c1-11-3-2-4-14(18-11)9-17-10-15(20)19-13-7-5-12(16)6-8-13/h2-8,17H,9-10H2,1H3,(H,19,20). The molecule has 1 aromatic carbocycles. The predicted octanol–water partition coefficient (Wildman–Crippen LogP) is 2.77. The summed E-state index contributed by atoms with van der Waals surface area (Å²) in [7, 11) is 0. The van der Waals surface area contributed by atoms with Crippen molar-refractivity contribution in [2.75, 3.05) is 11.9 Å². The molecule has 5 heteroatoms. The van der Waals surface area contributed by atoms with E-state index in [0.29, 0.717) is 11.6 Å². The Kier molecular flexibility index (Phi) is 5.09. The van der Waals surface area contributed by atoms with E-state index in [0.717, 1.165) is 17.1 Å². The summed E-state index contributed by atoms with van der Waals surface area (Å²) in [4.78, 5) is 16.1. The van der Waals surface area contributed by atoms with Crippen LogP contribution < -0.4 is 10.6 Å². The highest BCUT2D eigenvalue weighted by molar-refractivity contribution is 6.30. The summed E-state index contributed by atoms with van der Waals surface area (Å²) in [6.45, 7) is 2.74. The van der Waals surface area contributed by atoms with Crippen LogP contribution in [0, 0.1) is 6.92 Å². The van der Waals surface area contributed by atoms with Gasteiger partial charge in [-0.25, -0.2) is 0 Å². The molecule has 104 valence electrons. The Morgan fingerprint density at radius 3 is 2.65 bits per heavy atom. The van der Waals surface area contributed by atoms with E-state index in [9.17, 15) is 4.79 Å². The minimum absolute atomic E-state index is 0.0972. The SMILES string of the molecule is Cc1cccc(CNCC(=O)Nc2ccc(Cl)cc2)n1. The highest BCUT2D eigenvalue weighted by Crippen LogP contribution is 2.12. The van der Waals surface area contributed by atoms with E-state index >= 15 is 0 Å². The van der Waals surface area contributed by atoms with Crippen molar-refractivity contribution in [3.8, 4) is 0 Å². The molecule has 1 heterocycles. The lowest BCUT2D eigenvalue weighted by molar-refractivity contribution is -0.115. The molecule has 0 fully saturated rings. The third kappa shape index (κ3) is 4.64. The van der Waals surface area contributed by atoms with Crippen LogP contribution in [0.1, 0.15) is 11.4 Å². The molecule has 0 atom stereocenters. The number of halogens is 1. The minimum Gasteiger partial charge on any atom is -0.325 e. The summed E-state index contributed by atoms with van der Waals surface area (Å²) < 4.78 is 0.